The first-order chi connectivity index (χ1) is 27.3. The Morgan fingerprint density at radius 2 is 1.53 bits per heavy atom. The van der Waals surface area contributed by atoms with Crippen molar-refractivity contribution < 1.29 is 43.7 Å². The molecule has 330 valence electrons. The van der Waals surface area contributed by atoms with Crippen molar-refractivity contribution in [1.82, 2.24) is 14.7 Å². The number of ether oxygens (including phenoxy) is 2. The summed E-state index contributed by atoms with van der Waals surface area (Å²) in [6.07, 6.45) is 0.576. The number of carbonyl (C=O) groups excluding carboxylic acids is 5. The Labute approximate surface area is 348 Å². The highest BCUT2D eigenvalue weighted by Gasteiger charge is 2.43. The van der Waals surface area contributed by atoms with Gasteiger partial charge in [0.1, 0.15) is 5.78 Å². The number of hydrogen-bond donors (Lipinski definition) is 3. The van der Waals surface area contributed by atoms with Crippen LogP contribution in [0.15, 0.2) is 30.3 Å². The van der Waals surface area contributed by atoms with Gasteiger partial charge in [-0.05, 0) is 69.0 Å². The molecular weight excluding hydrogens is 741 g/mol. The van der Waals surface area contributed by atoms with Crippen molar-refractivity contribution in [3.8, 4) is 0 Å². The molecule has 0 radical (unpaired) electrons. The Kier molecular flexibility index (Phi) is 21.7. The van der Waals surface area contributed by atoms with Gasteiger partial charge in [0.25, 0.3) is 0 Å². The summed E-state index contributed by atoms with van der Waals surface area (Å²) in [7, 11) is 6.70. The third-order valence-corrected chi connectivity index (χ3v) is 12.5. The van der Waals surface area contributed by atoms with E-state index in [-0.39, 0.29) is 72.9 Å². The molecule has 0 bridgehead atoms. The fourth-order valence-corrected chi connectivity index (χ4v) is 8.94. The lowest BCUT2D eigenvalue weighted by Crippen LogP contribution is -2.54. The van der Waals surface area contributed by atoms with Crippen LogP contribution in [0.4, 0.5) is 0 Å². The zero-order valence-corrected chi connectivity index (χ0v) is 37.3. The van der Waals surface area contributed by atoms with E-state index in [9.17, 15) is 34.2 Å². The van der Waals surface area contributed by atoms with Crippen LogP contribution >= 0.6 is 0 Å². The Morgan fingerprint density at radius 1 is 0.897 bits per heavy atom. The first-order valence-corrected chi connectivity index (χ1v) is 21.4. The van der Waals surface area contributed by atoms with Gasteiger partial charge in [0, 0.05) is 58.4 Å². The van der Waals surface area contributed by atoms with Crippen LogP contribution in [0.1, 0.15) is 105 Å². The molecule has 0 aromatic heterocycles. The molecule has 13 nitrogen and oxygen atoms in total. The minimum atomic E-state index is -1.40. The second-order valence-corrected chi connectivity index (χ2v) is 17.4. The third-order valence-electron chi connectivity index (χ3n) is 12.5. The molecule has 13 heteroatoms. The Balaban J connectivity index is 2.27. The predicted molar refractivity (Wildman–Crippen MR) is 225 cm³/mol. The molecule has 2 rings (SSSR count). The van der Waals surface area contributed by atoms with Gasteiger partial charge in [-0.1, -0.05) is 85.2 Å². The van der Waals surface area contributed by atoms with Crippen LogP contribution < -0.4 is 5.73 Å². The van der Waals surface area contributed by atoms with Crippen LogP contribution in [0, 0.1) is 35.5 Å². The van der Waals surface area contributed by atoms with Crippen LogP contribution in [0.3, 0.4) is 0 Å². The van der Waals surface area contributed by atoms with E-state index in [0.717, 1.165) is 18.4 Å². The van der Waals surface area contributed by atoms with E-state index in [2.05, 4.69) is 0 Å². The molecule has 3 amide bonds. The van der Waals surface area contributed by atoms with Crippen LogP contribution in [-0.4, -0.2) is 132 Å². The van der Waals surface area contributed by atoms with E-state index in [4.69, 9.17) is 15.2 Å². The number of primary amides is 1. The first-order valence-electron chi connectivity index (χ1n) is 21.4. The van der Waals surface area contributed by atoms with E-state index >= 15 is 0 Å². The molecule has 1 aromatic carbocycles. The summed E-state index contributed by atoms with van der Waals surface area (Å²) in [5, 5.41) is 18.6. The van der Waals surface area contributed by atoms with E-state index in [0.29, 0.717) is 32.4 Å². The fourth-order valence-electron chi connectivity index (χ4n) is 8.94. The highest BCUT2D eigenvalue weighted by molar-refractivity contribution is 5.90. The molecule has 1 aliphatic rings. The third kappa shape index (κ3) is 14.5. The summed E-state index contributed by atoms with van der Waals surface area (Å²) in [4.78, 5) is 74.2. The molecule has 0 spiro atoms. The number of amides is 3. The summed E-state index contributed by atoms with van der Waals surface area (Å²) >= 11 is 0. The zero-order valence-electron chi connectivity index (χ0n) is 37.3. The predicted octanol–water partition coefficient (Wildman–Crippen LogP) is 4.49. The molecule has 1 aromatic rings. The molecule has 4 N–H and O–H groups in total. The lowest BCUT2D eigenvalue weighted by Gasteiger charge is -2.41. The molecule has 0 aliphatic carbocycles. The zero-order chi connectivity index (χ0) is 43.9. The number of aliphatic hydroxyl groups is 2. The number of nitrogens with zero attached hydrogens (tertiary/aromatic N) is 3. The topological polar surface area (TPSA) is 180 Å². The Morgan fingerprint density at radius 3 is 2.05 bits per heavy atom. The van der Waals surface area contributed by atoms with Crippen LogP contribution in [0.5, 0.6) is 0 Å². The summed E-state index contributed by atoms with van der Waals surface area (Å²) in [6, 6.07) is 8.19. The van der Waals surface area contributed by atoms with Crippen molar-refractivity contribution in [2.24, 2.45) is 41.2 Å². The molecule has 1 fully saturated rings. The number of aliphatic hydroxyl groups excluding tert-OH is 1. The fraction of sp³-hybridized carbons (Fsp3) is 0.756. The van der Waals surface area contributed by atoms with Gasteiger partial charge >= 0.3 is 0 Å². The maximum Gasteiger partial charge on any atom is 0.226 e. The summed E-state index contributed by atoms with van der Waals surface area (Å²) in [6.45, 7) is 14.7. The summed E-state index contributed by atoms with van der Waals surface area (Å²) < 4.78 is 12.0. The molecule has 0 unspecified atom stereocenters. The van der Waals surface area contributed by atoms with Crippen molar-refractivity contribution >= 4 is 29.3 Å². The average Bonchev–Trinajstić information content (AvgIpc) is 3.65. The van der Waals surface area contributed by atoms with Crippen molar-refractivity contribution in [2.45, 2.75) is 143 Å². The van der Waals surface area contributed by atoms with Crippen molar-refractivity contribution in [2.75, 3.05) is 41.4 Å². The van der Waals surface area contributed by atoms with Gasteiger partial charge in [-0.15, -0.1) is 0 Å². The maximum absolute atomic E-state index is 14.5. The van der Waals surface area contributed by atoms with Crippen LogP contribution in [-0.2, 0) is 39.9 Å². The van der Waals surface area contributed by atoms with Crippen molar-refractivity contribution in [3.05, 3.63) is 35.9 Å². The number of likely N-dealkylation sites (N-methyl/N-ethyl adjacent to an activating group) is 2. The molecular formula is C45H76N4O9. The standard InChI is InChI=1S/C45H76N4O9/c1-12-30(6)42(48(9)45(56)34(28(2)3)26-37(51)41(29(4)5)47(8)22-17-21-40(53)54)38(57-10)27-39(52)49-23-16-20-35(49)43(58-11)31(7)36(50)25-33(44(46)55)24-32-18-14-13-15-19-32/h13-15,18-19,28-31,33-35,38,40-43,53-54H,12,16-17,20-27H2,1-11H3,(H2,46,55)/t30-,31-,33+,34-,35-,38+,41-,42-,43+/m0/s1. The maximum atomic E-state index is 14.5. The van der Waals surface area contributed by atoms with E-state index in [1.165, 1.54) is 0 Å². The number of ketones is 2. The van der Waals surface area contributed by atoms with E-state index in [1.807, 2.05) is 83.8 Å². The van der Waals surface area contributed by atoms with Gasteiger partial charge in [0.2, 0.25) is 17.7 Å². The van der Waals surface area contributed by atoms with Gasteiger partial charge in [-0.2, -0.15) is 0 Å². The SMILES string of the molecule is CC[C@H](C)[C@@H]([C@@H](CC(=O)N1CCC[C@H]1[C@H](OC)[C@@H](C)C(=O)C[C@@H](Cc1ccccc1)C(N)=O)OC)N(C)C(=O)[C@@H](CC(=O)[C@H](C(C)C)N(C)CCCC(O)O)C(C)C. The van der Waals surface area contributed by atoms with Crippen molar-refractivity contribution in [1.29, 1.82) is 0 Å². The minimum absolute atomic E-state index is 0.00719. The number of rotatable bonds is 27. The molecule has 1 aliphatic heterocycles. The average molecular weight is 817 g/mol. The molecule has 0 saturated carbocycles. The summed E-state index contributed by atoms with van der Waals surface area (Å²) in [5.41, 5.74) is 6.67. The molecule has 58 heavy (non-hydrogen) atoms. The number of methoxy groups -OCH3 is 2. The number of nitrogens with two attached hydrogens (primary N) is 1. The van der Waals surface area contributed by atoms with E-state index in [1.54, 1.807) is 38.0 Å². The normalized spacial score (nSPS) is 18.8. The quantitative estimate of drug-likeness (QED) is 0.107. The highest BCUT2D eigenvalue weighted by atomic mass is 16.5. The summed E-state index contributed by atoms with van der Waals surface area (Å²) in [5.74, 6) is -3.13. The first kappa shape index (κ1) is 50.9. The number of likely N-dealkylation sites (tertiary alicyclic amines) is 1. The van der Waals surface area contributed by atoms with Crippen LogP contribution in [0.25, 0.3) is 0 Å². The smallest absolute Gasteiger partial charge is 0.226 e. The minimum Gasteiger partial charge on any atom is -0.379 e. The second-order valence-electron chi connectivity index (χ2n) is 17.4. The number of Topliss-reactive ketones (excluding diaryl/α,β-unsaturated/α-hetero) is 2. The molecule has 1 heterocycles. The van der Waals surface area contributed by atoms with Gasteiger partial charge in [0.15, 0.2) is 12.1 Å². The monoisotopic (exact) mass is 817 g/mol. The number of carbonyl (C=O) groups is 5. The van der Waals surface area contributed by atoms with Crippen LogP contribution in [0.2, 0.25) is 0 Å². The number of hydrogen-bond acceptors (Lipinski definition) is 10. The largest absolute Gasteiger partial charge is 0.379 e. The Hall–Kier alpha value is -3.23. The Bertz CT molecular complexity index is 1440. The van der Waals surface area contributed by atoms with Gasteiger partial charge in [-0.25, -0.2) is 0 Å². The van der Waals surface area contributed by atoms with Crippen molar-refractivity contribution in [3.63, 3.8) is 0 Å². The lowest BCUT2D eigenvalue weighted by molar-refractivity contribution is -0.149. The lowest BCUT2D eigenvalue weighted by atomic mass is 9.83. The molecule has 1 saturated heterocycles. The highest BCUT2D eigenvalue weighted by Crippen LogP contribution is 2.32. The molecule has 9 atom stereocenters. The second kappa shape index (κ2) is 24.8. The van der Waals surface area contributed by atoms with Gasteiger partial charge < -0.3 is 35.2 Å². The van der Waals surface area contributed by atoms with Gasteiger partial charge in [-0.3, -0.25) is 28.9 Å². The van der Waals surface area contributed by atoms with E-state index < -0.39 is 54.2 Å². The van der Waals surface area contributed by atoms with Gasteiger partial charge in [0.05, 0.1) is 36.8 Å². The number of benzene rings is 1.